The molecule has 0 saturated carbocycles. The molecule has 0 fully saturated rings. The van der Waals surface area contributed by atoms with E-state index in [-0.39, 0.29) is 17.9 Å². The maximum atomic E-state index is 11.0. The Balaban J connectivity index is 1.82. The Kier molecular flexibility index (Phi) is 6.21. The van der Waals surface area contributed by atoms with Crippen molar-refractivity contribution in [3.8, 4) is 0 Å². The highest BCUT2D eigenvalue weighted by molar-refractivity contribution is 8.05. The van der Waals surface area contributed by atoms with Gasteiger partial charge in [0.1, 0.15) is 6.33 Å². The summed E-state index contributed by atoms with van der Waals surface area (Å²) in [4.78, 5) is 24.4. The molecule has 0 aliphatic carbocycles. The number of nitrogens with zero attached hydrogens (tertiary/aromatic N) is 3. The van der Waals surface area contributed by atoms with E-state index in [1.807, 2.05) is 5.41 Å². The summed E-state index contributed by atoms with van der Waals surface area (Å²) in [6.45, 7) is 3.48. The van der Waals surface area contributed by atoms with Gasteiger partial charge in [-0.25, -0.2) is 9.97 Å². The van der Waals surface area contributed by atoms with Crippen LogP contribution >= 0.6 is 23.4 Å². The third-order valence-corrected chi connectivity index (χ3v) is 4.39. The van der Waals surface area contributed by atoms with Gasteiger partial charge in [-0.15, -0.1) is 11.8 Å². The fourth-order valence-corrected chi connectivity index (χ4v) is 2.84. The van der Waals surface area contributed by atoms with Gasteiger partial charge in [0, 0.05) is 24.4 Å². The van der Waals surface area contributed by atoms with Crippen LogP contribution in [-0.4, -0.2) is 26.9 Å². The first kappa shape index (κ1) is 16.8. The van der Waals surface area contributed by atoms with Gasteiger partial charge in [-0.1, -0.05) is 17.7 Å². The van der Waals surface area contributed by atoms with Crippen LogP contribution in [0.2, 0.25) is 0 Å². The van der Waals surface area contributed by atoms with E-state index in [1.54, 1.807) is 11.8 Å². The van der Waals surface area contributed by atoms with Crippen LogP contribution in [-0.2, 0) is 4.79 Å². The van der Waals surface area contributed by atoms with Gasteiger partial charge in [-0.3, -0.25) is 10.1 Å². The molecule has 0 bridgehead atoms. The van der Waals surface area contributed by atoms with Gasteiger partial charge in [-0.05, 0) is 30.1 Å². The van der Waals surface area contributed by atoms with Gasteiger partial charge in [0.25, 0.3) is 0 Å². The molecule has 1 aromatic rings. The molecule has 2 rings (SSSR count). The first-order valence-corrected chi connectivity index (χ1v) is 8.22. The van der Waals surface area contributed by atoms with E-state index in [1.165, 1.54) is 18.2 Å². The lowest BCUT2D eigenvalue weighted by Crippen LogP contribution is -2.18. The molecule has 2 heterocycles. The second-order valence-corrected chi connectivity index (χ2v) is 6.44. The van der Waals surface area contributed by atoms with Gasteiger partial charge in [-0.2, -0.15) is 4.98 Å². The van der Waals surface area contributed by atoms with Crippen LogP contribution in [0.1, 0.15) is 33.1 Å². The topological polar surface area (TPSA) is 79.8 Å². The molecule has 0 spiro atoms. The second kappa shape index (κ2) is 8.14. The SMILES string of the molecule is CC(=O)Nc1ncnc(NC(C)CCC2=CCC(Cl)=CS2)n1. The highest BCUT2D eigenvalue weighted by Crippen LogP contribution is 2.31. The molecule has 0 radical (unpaired) electrons. The molecule has 1 aliphatic heterocycles. The molecule has 1 aromatic heterocycles. The van der Waals surface area contributed by atoms with E-state index in [0.29, 0.717) is 5.95 Å². The lowest BCUT2D eigenvalue weighted by Gasteiger charge is -2.15. The van der Waals surface area contributed by atoms with E-state index in [0.717, 1.165) is 24.3 Å². The fourth-order valence-electron chi connectivity index (χ4n) is 1.84. The first-order valence-electron chi connectivity index (χ1n) is 6.96. The molecule has 22 heavy (non-hydrogen) atoms. The molecule has 0 aromatic carbocycles. The zero-order valence-corrected chi connectivity index (χ0v) is 14.0. The maximum Gasteiger partial charge on any atom is 0.234 e. The molecule has 1 atom stereocenters. The molecule has 118 valence electrons. The Morgan fingerprint density at radius 3 is 2.91 bits per heavy atom. The van der Waals surface area contributed by atoms with E-state index >= 15 is 0 Å². The summed E-state index contributed by atoms with van der Waals surface area (Å²) in [7, 11) is 0. The quantitative estimate of drug-likeness (QED) is 0.825. The Hall–Kier alpha value is -1.60. The minimum Gasteiger partial charge on any atom is -0.352 e. The molecule has 0 saturated heterocycles. The Morgan fingerprint density at radius 2 is 2.23 bits per heavy atom. The smallest absolute Gasteiger partial charge is 0.234 e. The standard InChI is InChI=1S/C14H18ClN5OS/c1-9(3-5-12-6-4-11(15)7-22-12)18-13-16-8-17-14(20-13)19-10(2)21/h6-9H,3-5H2,1-2H3,(H2,16,17,18,19,20,21). The lowest BCUT2D eigenvalue weighted by atomic mass is 10.1. The van der Waals surface area contributed by atoms with Gasteiger partial charge >= 0.3 is 0 Å². The van der Waals surface area contributed by atoms with Crippen molar-refractivity contribution in [3.05, 3.63) is 27.7 Å². The molecule has 1 amide bonds. The number of carbonyl (C=O) groups excluding carboxylic acids is 1. The summed E-state index contributed by atoms with van der Waals surface area (Å²) < 4.78 is 0. The van der Waals surface area contributed by atoms with Crippen molar-refractivity contribution in [2.45, 2.75) is 39.2 Å². The van der Waals surface area contributed by atoms with Gasteiger partial charge < -0.3 is 5.32 Å². The van der Waals surface area contributed by atoms with Crippen LogP contribution in [0.3, 0.4) is 0 Å². The predicted molar refractivity (Wildman–Crippen MR) is 90.7 cm³/mol. The Bertz CT molecular complexity index is 605. The zero-order chi connectivity index (χ0) is 15.9. The lowest BCUT2D eigenvalue weighted by molar-refractivity contribution is -0.114. The number of hydrogen-bond acceptors (Lipinski definition) is 6. The third kappa shape index (κ3) is 5.65. The van der Waals surface area contributed by atoms with Crippen LogP contribution in [0.5, 0.6) is 0 Å². The van der Waals surface area contributed by atoms with Crippen LogP contribution in [0.4, 0.5) is 11.9 Å². The summed E-state index contributed by atoms with van der Waals surface area (Å²) >= 11 is 7.61. The Labute approximate surface area is 138 Å². The van der Waals surface area contributed by atoms with Crippen molar-refractivity contribution in [3.63, 3.8) is 0 Å². The molecule has 1 aliphatic rings. The van der Waals surface area contributed by atoms with Gasteiger partial charge in [0.15, 0.2) is 0 Å². The Morgan fingerprint density at radius 1 is 1.45 bits per heavy atom. The van der Waals surface area contributed by atoms with Crippen molar-refractivity contribution >= 4 is 41.2 Å². The van der Waals surface area contributed by atoms with Crippen LogP contribution < -0.4 is 10.6 Å². The monoisotopic (exact) mass is 339 g/mol. The van der Waals surface area contributed by atoms with Crippen LogP contribution in [0, 0.1) is 0 Å². The maximum absolute atomic E-state index is 11.0. The van der Waals surface area contributed by atoms with Crippen molar-refractivity contribution in [1.82, 2.24) is 15.0 Å². The average molecular weight is 340 g/mol. The van der Waals surface area contributed by atoms with Gasteiger partial charge in [0.05, 0.1) is 0 Å². The summed E-state index contributed by atoms with van der Waals surface area (Å²) in [6, 6.07) is 0.204. The number of allylic oxidation sites excluding steroid dienone is 3. The second-order valence-electron chi connectivity index (χ2n) is 4.96. The molecular weight excluding hydrogens is 322 g/mol. The highest BCUT2D eigenvalue weighted by Gasteiger charge is 2.09. The predicted octanol–water partition coefficient (Wildman–Crippen LogP) is 3.51. The number of halogens is 1. The molecule has 8 heteroatoms. The van der Waals surface area contributed by atoms with Crippen LogP contribution in [0.25, 0.3) is 0 Å². The molecular formula is C14H18ClN5OS. The van der Waals surface area contributed by atoms with Gasteiger partial charge in [0.2, 0.25) is 17.8 Å². The van der Waals surface area contributed by atoms with Crippen molar-refractivity contribution < 1.29 is 4.79 Å². The highest BCUT2D eigenvalue weighted by atomic mass is 35.5. The van der Waals surface area contributed by atoms with E-state index in [2.05, 4.69) is 38.6 Å². The number of nitrogens with one attached hydrogen (secondary N) is 2. The van der Waals surface area contributed by atoms with Crippen molar-refractivity contribution in [1.29, 1.82) is 0 Å². The molecule has 1 unspecified atom stereocenters. The normalized spacial score (nSPS) is 15.6. The summed E-state index contributed by atoms with van der Waals surface area (Å²) in [5, 5.41) is 8.62. The minimum absolute atomic E-state index is 0.204. The van der Waals surface area contributed by atoms with E-state index in [9.17, 15) is 4.79 Å². The molecule has 6 nitrogen and oxygen atoms in total. The zero-order valence-electron chi connectivity index (χ0n) is 12.5. The third-order valence-electron chi connectivity index (χ3n) is 2.92. The van der Waals surface area contributed by atoms with Crippen molar-refractivity contribution in [2.75, 3.05) is 10.6 Å². The summed E-state index contributed by atoms with van der Waals surface area (Å²) in [6.07, 6.45) is 6.28. The fraction of sp³-hybridized carbons (Fsp3) is 0.429. The van der Waals surface area contributed by atoms with Crippen LogP contribution in [0.15, 0.2) is 27.7 Å². The summed E-state index contributed by atoms with van der Waals surface area (Å²) in [5.41, 5.74) is 0. The number of anilines is 2. The van der Waals surface area contributed by atoms with Crippen molar-refractivity contribution in [2.24, 2.45) is 0 Å². The average Bonchev–Trinajstić information content (AvgIpc) is 2.46. The number of amides is 1. The first-order chi connectivity index (χ1) is 10.5. The van der Waals surface area contributed by atoms with E-state index < -0.39 is 0 Å². The number of thioether (sulfide) groups is 1. The molecule has 2 N–H and O–H groups in total. The number of aromatic nitrogens is 3. The summed E-state index contributed by atoms with van der Waals surface area (Å²) in [5.74, 6) is 0.500. The largest absolute Gasteiger partial charge is 0.352 e. The number of carbonyl (C=O) groups is 1. The number of hydrogen-bond donors (Lipinski definition) is 2. The minimum atomic E-state index is -0.210. The van der Waals surface area contributed by atoms with E-state index in [4.69, 9.17) is 11.6 Å². The number of rotatable bonds is 6.